The number of carbonyl (C=O) groups excluding carboxylic acids is 1. The fourth-order valence-corrected chi connectivity index (χ4v) is 2.54. The first kappa shape index (κ1) is 18.8. The van der Waals surface area contributed by atoms with E-state index in [9.17, 15) is 4.79 Å². The average Bonchev–Trinajstić information content (AvgIpc) is 2.53. The van der Waals surface area contributed by atoms with E-state index in [0.717, 1.165) is 12.2 Å². The van der Waals surface area contributed by atoms with Crippen LogP contribution in [-0.2, 0) is 11.3 Å². The second-order valence-corrected chi connectivity index (χ2v) is 7.17. The fraction of sp³-hybridized carbons (Fsp3) is 0.381. The van der Waals surface area contributed by atoms with Crippen LogP contribution in [0.2, 0.25) is 0 Å². The van der Waals surface area contributed by atoms with E-state index in [1.807, 2.05) is 39.0 Å². The minimum absolute atomic E-state index is 0.378. The quantitative estimate of drug-likeness (QED) is 0.840. The Kier molecular flexibility index (Phi) is 6.45. The van der Waals surface area contributed by atoms with Crippen molar-refractivity contribution in [1.82, 2.24) is 5.32 Å². The van der Waals surface area contributed by atoms with Gasteiger partial charge in [-0.2, -0.15) is 0 Å². The van der Waals surface area contributed by atoms with Gasteiger partial charge in [0.15, 0.2) is 0 Å². The molecule has 0 spiro atoms. The number of carbonyl (C=O) groups is 1. The van der Waals surface area contributed by atoms with Gasteiger partial charge in [0.25, 0.3) is 0 Å². The van der Waals surface area contributed by atoms with Crippen LogP contribution in [0.5, 0.6) is 0 Å². The molecule has 0 atom stereocenters. The lowest BCUT2D eigenvalue weighted by Gasteiger charge is -2.26. The first-order valence-corrected chi connectivity index (χ1v) is 8.66. The number of alkyl carbamates (subject to hydrolysis) is 1. The van der Waals surface area contributed by atoms with Crippen LogP contribution in [0.4, 0.5) is 10.5 Å². The number of nitrogens with one attached hydrogen (secondary N) is 1. The Morgan fingerprint density at radius 3 is 2.44 bits per heavy atom. The SMILES string of the molecule is Cc1cccc(N(CCNC(=O)OC(C)(C)C)Cc2ccccc2)c1. The average molecular weight is 340 g/mol. The summed E-state index contributed by atoms with van der Waals surface area (Å²) in [6.45, 7) is 9.69. The maximum absolute atomic E-state index is 11.8. The van der Waals surface area contributed by atoms with Crippen molar-refractivity contribution in [2.45, 2.75) is 39.8 Å². The molecule has 2 rings (SSSR count). The van der Waals surface area contributed by atoms with Gasteiger partial charge in [-0.25, -0.2) is 4.79 Å². The van der Waals surface area contributed by atoms with Crippen LogP contribution in [0.25, 0.3) is 0 Å². The molecule has 0 saturated heterocycles. The number of rotatable bonds is 6. The molecular weight excluding hydrogens is 312 g/mol. The lowest BCUT2D eigenvalue weighted by Crippen LogP contribution is -2.38. The van der Waals surface area contributed by atoms with Crippen molar-refractivity contribution in [2.24, 2.45) is 0 Å². The molecule has 0 aliphatic heterocycles. The van der Waals surface area contributed by atoms with Crippen LogP contribution in [-0.4, -0.2) is 24.8 Å². The van der Waals surface area contributed by atoms with Crippen LogP contribution >= 0.6 is 0 Å². The molecule has 0 aliphatic rings. The minimum atomic E-state index is -0.482. The largest absolute Gasteiger partial charge is 0.444 e. The number of anilines is 1. The van der Waals surface area contributed by atoms with Gasteiger partial charge in [-0.15, -0.1) is 0 Å². The van der Waals surface area contributed by atoms with Gasteiger partial charge in [-0.1, -0.05) is 42.5 Å². The molecule has 4 heteroatoms. The van der Waals surface area contributed by atoms with E-state index < -0.39 is 5.60 Å². The van der Waals surface area contributed by atoms with Gasteiger partial charge in [0, 0.05) is 25.3 Å². The van der Waals surface area contributed by atoms with Crippen molar-refractivity contribution in [3.05, 3.63) is 65.7 Å². The van der Waals surface area contributed by atoms with E-state index in [1.54, 1.807) is 0 Å². The van der Waals surface area contributed by atoms with Gasteiger partial charge in [-0.3, -0.25) is 0 Å². The number of aryl methyl sites for hydroxylation is 1. The van der Waals surface area contributed by atoms with E-state index in [4.69, 9.17) is 4.74 Å². The Hall–Kier alpha value is -2.49. The Bertz CT molecular complexity index is 678. The van der Waals surface area contributed by atoms with Crippen molar-refractivity contribution < 1.29 is 9.53 Å². The molecule has 2 aromatic carbocycles. The number of benzene rings is 2. The third-order valence-electron chi connectivity index (χ3n) is 3.63. The number of nitrogens with zero attached hydrogens (tertiary/aromatic N) is 1. The van der Waals surface area contributed by atoms with Gasteiger partial charge in [0.05, 0.1) is 0 Å². The molecule has 0 bridgehead atoms. The molecule has 25 heavy (non-hydrogen) atoms. The molecule has 2 aromatic rings. The molecule has 0 saturated carbocycles. The molecule has 134 valence electrons. The van der Waals surface area contributed by atoms with Crippen LogP contribution in [0, 0.1) is 6.92 Å². The van der Waals surface area contributed by atoms with Gasteiger partial charge in [0.2, 0.25) is 0 Å². The van der Waals surface area contributed by atoms with Crippen molar-refractivity contribution in [3.63, 3.8) is 0 Å². The fourth-order valence-electron chi connectivity index (χ4n) is 2.54. The highest BCUT2D eigenvalue weighted by atomic mass is 16.6. The van der Waals surface area contributed by atoms with Gasteiger partial charge in [-0.05, 0) is 51.0 Å². The summed E-state index contributed by atoms with van der Waals surface area (Å²) in [4.78, 5) is 14.1. The predicted octanol–water partition coefficient (Wildman–Crippen LogP) is 4.53. The van der Waals surface area contributed by atoms with E-state index in [1.165, 1.54) is 11.1 Å². The van der Waals surface area contributed by atoms with Gasteiger partial charge < -0.3 is 15.0 Å². The second-order valence-electron chi connectivity index (χ2n) is 7.17. The molecule has 1 amide bonds. The maximum atomic E-state index is 11.8. The highest BCUT2D eigenvalue weighted by Gasteiger charge is 2.16. The summed E-state index contributed by atoms with van der Waals surface area (Å²) in [5.41, 5.74) is 3.12. The molecule has 1 N–H and O–H groups in total. The summed E-state index contributed by atoms with van der Waals surface area (Å²) in [7, 11) is 0. The first-order chi connectivity index (χ1) is 11.8. The van der Waals surface area contributed by atoms with E-state index >= 15 is 0 Å². The van der Waals surface area contributed by atoms with Crippen molar-refractivity contribution in [3.8, 4) is 0 Å². The predicted molar refractivity (Wildman–Crippen MR) is 103 cm³/mol. The summed E-state index contributed by atoms with van der Waals surface area (Å²) < 4.78 is 5.29. The zero-order valence-corrected chi connectivity index (χ0v) is 15.6. The number of hydrogen-bond donors (Lipinski definition) is 1. The highest BCUT2D eigenvalue weighted by molar-refractivity contribution is 5.67. The summed E-state index contributed by atoms with van der Waals surface area (Å²) in [5, 5.41) is 2.84. The lowest BCUT2D eigenvalue weighted by atomic mass is 10.1. The van der Waals surface area contributed by atoms with Crippen LogP contribution in [0.1, 0.15) is 31.9 Å². The van der Waals surface area contributed by atoms with Crippen LogP contribution in [0.15, 0.2) is 54.6 Å². The standard InChI is InChI=1S/C21H28N2O2/c1-17-9-8-12-19(15-17)23(16-18-10-6-5-7-11-18)14-13-22-20(24)25-21(2,3)4/h5-12,15H,13-14,16H2,1-4H3,(H,22,24). The Labute approximate surface area is 150 Å². The maximum Gasteiger partial charge on any atom is 0.407 e. The van der Waals surface area contributed by atoms with Gasteiger partial charge in [0.1, 0.15) is 5.60 Å². The molecule has 0 unspecified atom stereocenters. The van der Waals surface area contributed by atoms with Crippen molar-refractivity contribution >= 4 is 11.8 Å². The zero-order chi connectivity index (χ0) is 18.3. The molecule has 0 aromatic heterocycles. The van der Waals surface area contributed by atoms with E-state index in [-0.39, 0.29) is 6.09 Å². The Morgan fingerprint density at radius 1 is 1.08 bits per heavy atom. The molecule has 0 heterocycles. The highest BCUT2D eigenvalue weighted by Crippen LogP contribution is 2.18. The molecule has 4 nitrogen and oxygen atoms in total. The zero-order valence-electron chi connectivity index (χ0n) is 15.6. The van der Waals surface area contributed by atoms with E-state index in [2.05, 4.69) is 53.5 Å². The third kappa shape index (κ3) is 6.87. The number of hydrogen-bond acceptors (Lipinski definition) is 3. The summed E-state index contributed by atoms with van der Waals surface area (Å²) in [6.07, 6.45) is -0.378. The van der Waals surface area contributed by atoms with Crippen LogP contribution < -0.4 is 10.2 Å². The number of ether oxygens (including phenoxy) is 1. The van der Waals surface area contributed by atoms with Gasteiger partial charge >= 0.3 is 6.09 Å². The smallest absolute Gasteiger partial charge is 0.407 e. The lowest BCUT2D eigenvalue weighted by molar-refractivity contribution is 0.0529. The molecule has 0 fully saturated rings. The Balaban J connectivity index is 2.01. The number of amides is 1. The first-order valence-electron chi connectivity index (χ1n) is 8.66. The molecular formula is C21H28N2O2. The monoisotopic (exact) mass is 340 g/mol. The molecule has 0 radical (unpaired) electrons. The second kappa shape index (κ2) is 8.56. The van der Waals surface area contributed by atoms with Crippen molar-refractivity contribution in [2.75, 3.05) is 18.0 Å². The summed E-state index contributed by atoms with van der Waals surface area (Å²) >= 11 is 0. The Morgan fingerprint density at radius 2 is 1.80 bits per heavy atom. The normalized spacial score (nSPS) is 11.0. The van der Waals surface area contributed by atoms with E-state index in [0.29, 0.717) is 13.1 Å². The minimum Gasteiger partial charge on any atom is -0.444 e. The summed E-state index contributed by atoms with van der Waals surface area (Å²) in [5.74, 6) is 0. The summed E-state index contributed by atoms with van der Waals surface area (Å²) in [6, 6.07) is 18.7. The van der Waals surface area contributed by atoms with Crippen molar-refractivity contribution in [1.29, 1.82) is 0 Å². The van der Waals surface area contributed by atoms with Crippen LogP contribution in [0.3, 0.4) is 0 Å². The third-order valence-corrected chi connectivity index (χ3v) is 3.63. The topological polar surface area (TPSA) is 41.6 Å². The molecule has 0 aliphatic carbocycles.